The topological polar surface area (TPSA) is 24.1 Å². The van der Waals surface area contributed by atoms with Crippen molar-refractivity contribution in [3.63, 3.8) is 0 Å². The van der Waals surface area contributed by atoms with E-state index in [1.54, 1.807) is 0 Å². The molecule has 0 bridgehead atoms. The lowest BCUT2D eigenvalue weighted by Crippen LogP contribution is -2.29. The van der Waals surface area contributed by atoms with E-state index in [9.17, 15) is 0 Å². The third-order valence-electron chi connectivity index (χ3n) is 4.17. The average Bonchev–Trinajstić information content (AvgIpc) is 2.47. The summed E-state index contributed by atoms with van der Waals surface area (Å²) in [6.45, 7) is 6.86. The van der Waals surface area contributed by atoms with Crippen LogP contribution in [0.3, 0.4) is 0 Å². The molecule has 0 fully saturated rings. The minimum Gasteiger partial charge on any atom is -0.385 e. The molecule has 1 heterocycles. The molecular weight excluding hydrogens is 244 g/mol. The summed E-state index contributed by atoms with van der Waals surface area (Å²) in [6, 6.07) is 7.52. The zero-order valence-corrected chi connectivity index (χ0v) is 13.2. The average molecular weight is 274 g/mol. The van der Waals surface area contributed by atoms with Crippen LogP contribution in [0.4, 0.5) is 5.69 Å². The Kier molecular flexibility index (Phi) is 6.38. The molecule has 0 saturated carbocycles. The fourth-order valence-corrected chi connectivity index (χ4v) is 2.98. The second-order valence-corrected chi connectivity index (χ2v) is 6.14. The van der Waals surface area contributed by atoms with Crippen LogP contribution in [-0.2, 0) is 12.8 Å². The maximum Gasteiger partial charge on any atom is 0.0372 e. The van der Waals surface area contributed by atoms with E-state index in [1.165, 1.54) is 55.3 Å². The van der Waals surface area contributed by atoms with E-state index in [4.69, 9.17) is 0 Å². The van der Waals surface area contributed by atoms with Gasteiger partial charge in [-0.25, -0.2) is 0 Å². The highest BCUT2D eigenvalue weighted by Crippen LogP contribution is 2.23. The van der Waals surface area contributed by atoms with Crippen LogP contribution in [0.5, 0.6) is 0 Å². The van der Waals surface area contributed by atoms with Crippen molar-refractivity contribution in [3.05, 3.63) is 29.3 Å². The molecule has 1 aliphatic heterocycles. The second-order valence-electron chi connectivity index (χ2n) is 6.14. The SMILES string of the molecule is CCCCCCNC(C)Cc1ccc2c(c1)CCCN2. The van der Waals surface area contributed by atoms with Crippen molar-refractivity contribution in [2.75, 3.05) is 18.4 Å². The fourth-order valence-electron chi connectivity index (χ4n) is 2.98. The van der Waals surface area contributed by atoms with E-state index >= 15 is 0 Å². The van der Waals surface area contributed by atoms with Gasteiger partial charge in [0.2, 0.25) is 0 Å². The predicted octanol–water partition coefficient (Wildman–Crippen LogP) is 4.15. The number of benzene rings is 1. The van der Waals surface area contributed by atoms with Gasteiger partial charge in [0.05, 0.1) is 0 Å². The van der Waals surface area contributed by atoms with Crippen LogP contribution in [0.25, 0.3) is 0 Å². The van der Waals surface area contributed by atoms with E-state index < -0.39 is 0 Å². The zero-order valence-electron chi connectivity index (χ0n) is 13.2. The summed E-state index contributed by atoms with van der Waals surface area (Å²) in [5, 5.41) is 7.14. The van der Waals surface area contributed by atoms with Crippen LogP contribution in [0.2, 0.25) is 0 Å². The molecular formula is C18H30N2. The molecule has 1 aromatic carbocycles. The fraction of sp³-hybridized carbons (Fsp3) is 0.667. The van der Waals surface area contributed by atoms with Crippen molar-refractivity contribution >= 4 is 5.69 Å². The molecule has 2 rings (SSSR count). The van der Waals surface area contributed by atoms with Gasteiger partial charge in [0.25, 0.3) is 0 Å². The molecule has 0 amide bonds. The molecule has 2 nitrogen and oxygen atoms in total. The molecule has 0 saturated heterocycles. The summed E-state index contributed by atoms with van der Waals surface area (Å²) in [5.41, 5.74) is 4.32. The molecule has 1 aromatic rings. The minimum atomic E-state index is 0.575. The van der Waals surface area contributed by atoms with E-state index in [2.05, 4.69) is 42.7 Å². The molecule has 0 aliphatic carbocycles. The van der Waals surface area contributed by atoms with Crippen molar-refractivity contribution in [1.29, 1.82) is 0 Å². The Labute approximate surface area is 124 Å². The summed E-state index contributed by atoms with van der Waals surface area (Å²) in [6.07, 6.45) is 9.00. The van der Waals surface area contributed by atoms with Gasteiger partial charge >= 0.3 is 0 Å². The van der Waals surface area contributed by atoms with Crippen molar-refractivity contribution in [3.8, 4) is 0 Å². The van der Waals surface area contributed by atoms with Gasteiger partial charge in [-0.15, -0.1) is 0 Å². The first-order valence-corrected chi connectivity index (χ1v) is 8.38. The van der Waals surface area contributed by atoms with Gasteiger partial charge in [-0.1, -0.05) is 38.3 Å². The quantitative estimate of drug-likeness (QED) is 0.696. The van der Waals surface area contributed by atoms with Crippen molar-refractivity contribution in [2.45, 2.75) is 64.8 Å². The molecule has 0 aromatic heterocycles. The Morgan fingerprint density at radius 1 is 1.25 bits per heavy atom. The smallest absolute Gasteiger partial charge is 0.0372 e. The summed E-state index contributed by atoms with van der Waals surface area (Å²) < 4.78 is 0. The third-order valence-corrected chi connectivity index (χ3v) is 4.17. The Bertz CT molecular complexity index is 400. The van der Waals surface area contributed by atoms with Gasteiger partial charge in [0, 0.05) is 18.3 Å². The normalized spacial score (nSPS) is 15.5. The van der Waals surface area contributed by atoms with Gasteiger partial charge in [-0.3, -0.25) is 0 Å². The summed E-state index contributed by atoms with van der Waals surface area (Å²) in [5.74, 6) is 0. The van der Waals surface area contributed by atoms with Gasteiger partial charge in [-0.05, 0) is 56.3 Å². The van der Waals surface area contributed by atoms with Crippen LogP contribution < -0.4 is 10.6 Å². The molecule has 1 unspecified atom stereocenters. The molecule has 2 N–H and O–H groups in total. The molecule has 1 atom stereocenters. The zero-order chi connectivity index (χ0) is 14.2. The van der Waals surface area contributed by atoms with Crippen molar-refractivity contribution in [2.24, 2.45) is 0 Å². The number of hydrogen-bond donors (Lipinski definition) is 2. The Morgan fingerprint density at radius 2 is 2.15 bits per heavy atom. The maximum atomic E-state index is 3.65. The standard InChI is InChI=1S/C18H30N2/c1-3-4-5-6-11-19-15(2)13-16-9-10-18-17(14-16)8-7-12-20-18/h9-10,14-15,19-20H,3-8,11-13H2,1-2H3. The Balaban J connectivity index is 1.75. The molecule has 112 valence electrons. The first-order chi connectivity index (χ1) is 9.79. The maximum absolute atomic E-state index is 3.65. The van der Waals surface area contributed by atoms with E-state index in [-0.39, 0.29) is 0 Å². The number of nitrogens with one attached hydrogen (secondary N) is 2. The first-order valence-electron chi connectivity index (χ1n) is 8.38. The largest absolute Gasteiger partial charge is 0.385 e. The first kappa shape index (κ1) is 15.4. The highest BCUT2D eigenvalue weighted by Gasteiger charge is 2.10. The number of hydrogen-bond acceptors (Lipinski definition) is 2. The summed E-state index contributed by atoms with van der Waals surface area (Å²) in [7, 11) is 0. The highest BCUT2D eigenvalue weighted by atomic mass is 14.9. The van der Waals surface area contributed by atoms with Crippen LogP contribution in [0.15, 0.2) is 18.2 Å². The minimum absolute atomic E-state index is 0.575. The Morgan fingerprint density at radius 3 is 3.00 bits per heavy atom. The number of unbranched alkanes of at least 4 members (excludes halogenated alkanes) is 3. The van der Waals surface area contributed by atoms with E-state index in [1.807, 2.05) is 0 Å². The van der Waals surface area contributed by atoms with Gasteiger partial charge in [0.15, 0.2) is 0 Å². The molecule has 2 heteroatoms. The van der Waals surface area contributed by atoms with Crippen LogP contribution in [0, 0.1) is 0 Å². The number of fused-ring (bicyclic) bond motifs is 1. The second kappa shape index (κ2) is 8.31. The number of anilines is 1. The lowest BCUT2D eigenvalue weighted by Gasteiger charge is -2.20. The van der Waals surface area contributed by atoms with Gasteiger partial charge in [0.1, 0.15) is 0 Å². The van der Waals surface area contributed by atoms with Crippen LogP contribution in [-0.4, -0.2) is 19.1 Å². The van der Waals surface area contributed by atoms with E-state index in [0.717, 1.165) is 19.5 Å². The molecule has 20 heavy (non-hydrogen) atoms. The lowest BCUT2D eigenvalue weighted by atomic mass is 9.98. The van der Waals surface area contributed by atoms with Crippen LogP contribution in [0.1, 0.15) is 57.1 Å². The van der Waals surface area contributed by atoms with E-state index in [0.29, 0.717) is 6.04 Å². The predicted molar refractivity (Wildman–Crippen MR) is 88.6 cm³/mol. The number of aryl methyl sites for hydroxylation is 1. The monoisotopic (exact) mass is 274 g/mol. The van der Waals surface area contributed by atoms with Crippen LogP contribution >= 0.6 is 0 Å². The van der Waals surface area contributed by atoms with Gasteiger partial charge in [-0.2, -0.15) is 0 Å². The molecule has 0 radical (unpaired) electrons. The summed E-state index contributed by atoms with van der Waals surface area (Å²) in [4.78, 5) is 0. The third kappa shape index (κ3) is 4.82. The van der Waals surface area contributed by atoms with Crippen molar-refractivity contribution < 1.29 is 0 Å². The van der Waals surface area contributed by atoms with Crippen molar-refractivity contribution in [1.82, 2.24) is 5.32 Å². The number of rotatable bonds is 8. The summed E-state index contributed by atoms with van der Waals surface area (Å²) >= 11 is 0. The Hall–Kier alpha value is -1.02. The lowest BCUT2D eigenvalue weighted by molar-refractivity contribution is 0.518. The van der Waals surface area contributed by atoms with Gasteiger partial charge < -0.3 is 10.6 Å². The molecule has 1 aliphatic rings. The molecule has 0 spiro atoms. The highest BCUT2D eigenvalue weighted by molar-refractivity contribution is 5.54.